The summed E-state index contributed by atoms with van der Waals surface area (Å²) in [7, 11) is 0. The predicted octanol–water partition coefficient (Wildman–Crippen LogP) is 2.42. The zero-order valence-corrected chi connectivity index (χ0v) is 9.98. The molecule has 2 aromatic rings. The molecule has 16 heavy (non-hydrogen) atoms. The van der Waals surface area contributed by atoms with Crippen molar-refractivity contribution in [2.45, 2.75) is 32.9 Å². The fourth-order valence-electron chi connectivity index (χ4n) is 1.82. The zero-order chi connectivity index (χ0) is 11.4. The molecule has 0 atom stereocenters. The molecule has 1 aromatic heterocycles. The van der Waals surface area contributed by atoms with Crippen molar-refractivity contribution in [1.82, 2.24) is 15.1 Å². The molecule has 0 radical (unpaired) electrons. The van der Waals surface area contributed by atoms with Crippen molar-refractivity contribution in [2.24, 2.45) is 0 Å². The fraction of sp³-hybridized carbons (Fsp3) is 0.462. The van der Waals surface area contributed by atoms with Gasteiger partial charge in [-0.05, 0) is 19.0 Å². The lowest BCUT2D eigenvalue weighted by atomic mass is 10.2. The van der Waals surface area contributed by atoms with Gasteiger partial charge in [0.05, 0.1) is 11.7 Å². The maximum Gasteiger partial charge on any atom is 0.0682 e. The second-order valence-electron chi connectivity index (χ2n) is 4.39. The van der Waals surface area contributed by atoms with Crippen molar-refractivity contribution in [1.29, 1.82) is 0 Å². The summed E-state index contributed by atoms with van der Waals surface area (Å²) in [6, 6.07) is 8.90. The van der Waals surface area contributed by atoms with Crippen LogP contribution in [0, 0.1) is 0 Å². The van der Waals surface area contributed by atoms with Crippen molar-refractivity contribution >= 4 is 10.9 Å². The van der Waals surface area contributed by atoms with E-state index >= 15 is 0 Å². The van der Waals surface area contributed by atoms with E-state index in [9.17, 15) is 0 Å². The molecule has 0 saturated carbocycles. The molecule has 0 unspecified atom stereocenters. The Labute approximate surface area is 96.5 Å². The number of fused-ring (bicyclic) bond motifs is 1. The van der Waals surface area contributed by atoms with E-state index in [4.69, 9.17) is 0 Å². The Morgan fingerprint density at radius 3 is 2.94 bits per heavy atom. The number of benzene rings is 1. The number of nitrogens with zero attached hydrogens (tertiary/aromatic N) is 2. The van der Waals surface area contributed by atoms with Gasteiger partial charge in [0.2, 0.25) is 0 Å². The van der Waals surface area contributed by atoms with Crippen LogP contribution in [0.4, 0.5) is 0 Å². The van der Waals surface area contributed by atoms with Gasteiger partial charge in [-0.25, -0.2) is 0 Å². The zero-order valence-electron chi connectivity index (χ0n) is 9.98. The molecule has 0 saturated heterocycles. The highest BCUT2D eigenvalue weighted by molar-refractivity contribution is 5.78. The molecule has 0 amide bonds. The summed E-state index contributed by atoms with van der Waals surface area (Å²) in [6.45, 7) is 6.37. The van der Waals surface area contributed by atoms with E-state index in [2.05, 4.69) is 53.2 Å². The average Bonchev–Trinajstić information content (AvgIpc) is 2.68. The van der Waals surface area contributed by atoms with E-state index in [0.29, 0.717) is 6.04 Å². The summed E-state index contributed by atoms with van der Waals surface area (Å²) in [5, 5.41) is 9.04. The van der Waals surface area contributed by atoms with Crippen LogP contribution in [-0.4, -0.2) is 22.4 Å². The Bertz CT molecular complexity index is 445. The van der Waals surface area contributed by atoms with Crippen molar-refractivity contribution in [3.8, 4) is 0 Å². The van der Waals surface area contributed by atoms with Crippen LogP contribution in [0.3, 0.4) is 0 Å². The Morgan fingerprint density at radius 2 is 2.12 bits per heavy atom. The lowest BCUT2D eigenvalue weighted by Crippen LogP contribution is -2.24. The van der Waals surface area contributed by atoms with Crippen LogP contribution in [-0.2, 0) is 6.54 Å². The highest BCUT2D eigenvalue weighted by Gasteiger charge is 2.00. The summed E-state index contributed by atoms with van der Waals surface area (Å²) in [6.07, 6.45) is 3.05. The van der Waals surface area contributed by atoms with Gasteiger partial charge in [-0.1, -0.05) is 32.0 Å². The van der Waals surface area contributed by atoms with Gasteiger partial charge in [-0.2, -0.15) is 5.10 Å². The minimum absolute atomic E-state index is 0.564. The molecule has 0 aliphatic rings. The van der Waals surface area contributed by atoms with E-state index in [1.165, 1.54) is 10.9 Å². The SMILES string of the molecule is CC(C)NCCCn1ncc2ccccc21. The Hall–Kier alpha value is -1.35. The molecule has 0 bridgehead atoms. The van der Waals surface area contributed by atoms with Crippen LogP contribution in [0.15, 0.2) is 30.5 Å². The van der Waals surface area contributed by atoms with Gasteiger partial charge in [-0.15, -0.1) is 0 Å². The first kappa shape index (κ1) is 11.1. The highest BCUT2D eigenvalue weighted by atomic mass is 15.3. The third-order valence-electron chi connectivity index (χ3n) is 2.65. The van der Waals surface area contributed by atoms with Crippen LogP contribution in [0.25, 0.3) is 10.9 Å². The van der Waals surface area contributed by atoms with E-state index < -0.39 is 0 Å². The van der Waals surface area contributed by atoms with Gasteiger partial charge < -0.3 is 5.32 Å². The Balaban J connectivity index is 1.94. The van der Waals surface area contributed by atoms with Crippen molar-refractivity contribution in [3.05, 3.63) is 30.5 Å². The molecule has 1 heterocycles. The molecule has 3 heteroatoms. The monoisotopic (exact) mass is 217 g/mol. The van der Waals surface area contributed by atoms with E-state index in [1.807, 2.05) is 6.20 Å². The molecule has 1 N–H and O–H groups in total. The second kappa shape index (κ2) is 5.12. The van der Waals surface area contributed by atoms with Crippen LogP contribution in [0.2, 0.25) is 0 Å². The van der Waals surface area contributed by atoms with Gasteiger partial charge in [0.1, 0.15) is 0 Å². The molecule has 0 aliphatic heterocycles. The predicted molar refractivity (Wildman–Crippen MR) is 67.5 cm³/mol. The smallest absolute Gasteiger partial charge is 0.0682 e. The minimum Gasteiger partial charge on any atom is -0.314 e. The first-order valence-electron chi connectivity index (χ1n) is 5.91. The number of hydrogen-bond acceptors (Lipinski definition) is 2. The summed E-state index contributed by atoms with van der Waals surface area (Å²) in [4.78, 5) is 0. The summed E-state index contributed by atoms with van der Waals surface area (Å²) < 4.78 is 2.08. The fourth-order valence-corrected chi connectivity index (χ4v) is 1.82. The first-order valence-corrected chi connectivity index (χ1v) is 5.91. The van der Waals surface area contributed by atoms with Crippen LogP contribution in [0.5, 0.6) is 0 Å². The van der Waals surface area contributed by atoms with Gasteiger partial charge in [0.15, 0.2) is 0 Å². The van der Waals surface area contributed by atoms with E-state index in [1.54, 1.807) is 0 Å². The molecule has 0 aliphatic carbocycles. The summed E-state index contributed by atoms with van der Waals surface area (Å²) in [5.74, 6) is 0. The number of rotatable bonds is 5. The number of aromatic nitrogens is 2. The highest BCUT2D eigenvalue weighted by Crippen LogP contribution is 2.12. The molecular formula is C13H19N3. The third-order valence-corrected chi connectivity index (χ3v) is 2.65. The molecule has 2 rings (SSSR count). The molecule has 0 spiro atoms. The largest absolute Gasteiger partial charge is 0.314 e. The van der Waals surface area contributed by atoms with Crippen molar-refractivity contribution < 1.29 is 0 Å². The summed E-state index contributed by atoms with van der Waals surface area (Å²) >= 11 is 0. The van der Waals surface area contributed by atoms with Crippen LogP contribution < -0.4 is 5.32 Å². The molecule has 0 fully saturated rings. The first-order chi connectivity index (χ1) is 7.77. The van der Waals surface area contributed by atoms with E-state index in [0.717, 1.165) is 19.5 Å². The molecule has 1 aromatic carbocycles. The molecule has 3 nitrogen and oxygen atoms in total. The Morgan fingerprint density at radius 1 is 1.31 bits per heavy atom. The Kier molecular flexibility index (Phi) is 3.57. The van der Waals surface area contributed by atoms with Gasteiger partial charge in [0.25, 0.3) is 0 Å². The number of hydrogen-bond donors (Lipinski definition) is 1. The summed E-state index contributed by atoms with van der Waals surface area (Å²) in [5.41, 5.74) is 1.23. The minimum atomic E-state index is 0.564. The maximum absolute atomic E-state index is 4.40. The van der Waals surface area contributed by atoms with Crippen molar-refractivity contribution in [3.63, 3.8) is 0 Å². The standard InChI is InChI=1S/C13H19N3/c1-11(2)14-8-5-9-16-13-7-4-3-6-12(13)10-15-16/h3-4,6-7,10-11,14H,5,8-9H2,1-2H3. The average molecular weight is 217 g/mol. The lowest BCUT2D eigenvalue weighted by molar-refractivity contribution is 0.521. The number of para-hydroxylation sites is 1. The van der Waals surface area contributed by atoms with Gasteiger partial charge in [-0.3, -0.25) is 4.68 Å². The normalized spacial score (nSPS) is 11.4. The molecular weight excluding hydrogens is 198 g/mol. The third kappa shape index (κ3) is 2.61. The van der Waals surface area contributed by atoms with Gasteiger partial charge in [0, 0.05) is 18.0 Å². The topological polar surface area (TPSA) is 29.9 Å². The molecule has 86 valence electrons. The van der Waals surface area contributed by atoms with Crippen LogP contribution in [0.1, 0.15) is 20.3 Å². The second-order valence-corrected chi connectivity index (χ2v) is 4.39. The lowest BCUT2D eigenvalue weighted by Gasteiger charge is -2.08. The van der Waals surface area contributed by atoms with Crippen LogP contribution >= 0.6 is 0 Å². The number of nitrogens with one attached hydrogen (secondary N) is 1. The number of aryl methyl sites for hydroxylation is 1. The van der Waals surface area contributed by atoms with Gasteiger partial charge >= 0.3 is 0 Å². The van der Waals surface area contributed by atoms with E-state index in [-0.39, 0.29) is 0 Å². The van der Waals surface area contributed by atoms with Crippen molar-refractivity contribution in [2.75, 3.05) is 6.54 Å². The quantitative estimate of drug-likeness (QED) is 0.779. The maximum atomic E-state index is 4.40.